The van der Waals surface area contributed by atoms with Gasteiger partial charge < -0.3 is 10.8 Å². The number of aromatic hydroxyl groups is 1. The van der Waals surface area contributed by atoms with Crippen molar-refractivity contribution in [3.63, 3.8) is 0 Å². The van der Waals surface area contributed by atoms with Crippen molar-refractivity contribution in [2.75, 3.05) is 6.54 Å². The number of phenols is 1. The SMILES string of the molecule is NC(Cc1ccccc1)CN1C2CCC1CC(c1ccccc1O)C2. The third-order valence-corrected chi connectivity index (χ3v) is 6.05. The van der Waals surface area contributed by atoms with Crippen molar-refractivity contribution in [3.8, 4) is 5.75 Å². The van der Waals surface area contributed by atoms with Crippen LogP contribution in [0.15, 0.2) is 54.6 Å². The van der Waals surface area contributed by atoms with Gasteiger partial charge >= 0.3 is 0 Å². The highest BCUT2D eigenvalue weighted by Crippen LogP contribution is 2.44. The van der Waals surface area contributed by atoms with Crippen LogP contribution in [0.25, 0.3) is 0 Å². The van der Waals surface area contributed by atoms with E-state index in [1.54, 1.807) is 0 Å². The quantitative estimate of drug-likeness (QED) is 0.876. The Morgan fingerprint density at radius 1 is 0.960 bits per heavy atom. The highest BCUT2D eigenvalue weighted by atomic mass is 16.3. The van der Waals surface area contributed by atoms with E-state index in [1.165, 1.54) is 18.4 Å². The number of hydrogen-bond donors (Lipinski definition) is 2. The molecule has 0 amide bonds. The zero-order valence-corrected chi connectivity index (χ0v) is 14.7. The second-order valence-corrected chi connectivity index (χ2v) is 7.76. The number of hydrogen-bond acceptors (Lipinski definition) is 3. The normalized spacial score (nSPS) is 27.3. The molecule has 0 spiro atoms. The molecule has 2 heterocycles. The Hall–Kier alpha value is -1.84. The van der Waals surface area contributed by atoms with Crippen molar-refractivity contribution in [2.24, 2.45) is 5.73 Å². The van der Waals surface area contributed by atoms with Crippen LogP contribution in [-0.2, 0) is 6.42 Å². The summed E-state index contributed by atoms with van der Waals surface area (Å²) < 4.78 is 0. The predicted molar refractivity (Wildman–Crippen MR) is 102 cm³/mol. The minimum Gasteiger partial charge on any atom is -0.508 e. The van der Waals surface area contributed by atoms with E-state index in [0.717, 1.165) is 31.4 Å². The molecule has 4 rings (SSSR count). The van der Waals surface area contributed by atoms with Crippen molar-refractivity contribution in [1.29, 1.82) is 0 Å². The number of benzene rings is 2. The minimum absolute atomic E-state index is 0.187. The lowest BCUT2D eigenvalue weighted by molar-refractivity contribution is 0.118. The van der Waals surface area contributed by atoms with Crippen LogP contribution in [0.5, 0.6) is 5.75 Å². The number of nitrogens with two attached hydrogens (primary N) is 1. The fourth-order valence-electron chi connectivity index (χ4n) is 4.91. The van der Waals surface area contributed by atoms with E-state index in [0.29, 0.717) is 23.8 Å². The van der Waals surface area contributed by atoms with E-state index in [4.69, 9.17) is 5.73 Å². The monoisotopic (exact) mass is 336 g/mol. The summed E-state index contributed by atoms with van der Waals surface area (Å²) in [6.45, 7) is 0.984. The summed E-state index contributed by atoms with van der Waals surface area (Å²) in [5.41, 5.74) is 8.93. The highest BCUT2D eigenvalue weighted by molar-refractivity contribution is 5.35. The van der Waals surface area contributed by atoms with Gasteiger partial charge in [0.15, 0.2) is 0 Å². The molecular formula is C22H28N2O. The van der Waals surface area contributed by atoms with Gasteiger partial charge in [0.2, 0.25) is 0 Å². The van der Waals surface area contributed by atoms with Gasteiger partial charge in [-0.2, -0.15) is 0 Å². The van der Waals surface area contributed by atoms with Gasteiger partial charge in [0.05, 0.1) is 0 Å². The summed E-state index contributed by atoms with van der Waals surface area (Å²) in [5, 5.41) is 10.2. The summed E-state index contributed by atoms with van der Waals surface area (Å²) in [6, 6.07) is 19.8. The topological polar surface area (TPSA) is 49.5 Å². The third-order valence-electron chi connectivity index (χ3n) is 6.05. The number of nitrogens with zero attached hydrogens (tertiary/aromatic N) is 1. The fourth-order valence-corrected chi connectivity index (χ4v) is 4.91. The molecule has 3 N–H and O–H groups in total. The van der Waals surface area contributed by atoms with Crippen LogP contribution in [0.4, 0.5) is 0 Å². The largest absolute Gasteiger partial charge is 0.508 e. The first-order chi connectivity index (χ1) is 12.2. The van der Waals surface area contributed by atoms with Crippen LogP contribution in [0, 0.1) is 0 Å². The molecule has 3 nitrogen and oxygen atoms in total. The number of piperidine rings is 1. The summed E-state index contributed by atoms with van der Waals surface area (Å²) >= 11 is 0. The van der Waals surface area contributed by atoms with E-state index in [9.17, 15) is 5.11 Å². The Bertz CT molecular complexity index is 688. The second kappa shape index (κ2) is 7.19. The molecule has 2 saturated heterocycles. The molecule has 0 radical (unpaired) electrons. The minimum atomic E-state index is 0.187. The number of phenolic OH excluding ortho intramolecular Hbond substituents is 1. The average Bonchev–Trinajstić information content (AvgIpc) is 2.85. The van der Waals surface area contributed by atoms with Crippen LogP contribution >= 0.6 is 0 Å². The standard InChI is InChI=1S/C22H28N2O/c23-18(12-16-6-2-1-3-7-16)15-24-19-10-11-20(24)14-17(13-19)21-8-4-5-9-22(21)25/h1-9,17-20,25H,10-15,23H2. The predicted octanol–water partition coefficient (Wildman–Crippen LogP) is 3.67. The van der Waals surface area contributed by atoms with Crippen LogP contribution < -0.4 is 5.73 Å². The molecule has 2 aliphatic heterocycles. The lowest BCUT2D eigenvalue weighted by Crippen LogP contribution is -2.48. The van der Waals surface area contributed by atoms with Crippen LogP contribution in [0.3, 0.4) is 0 Å². The van der Waals surface area contributed by atoms with Crippen molar-refractivity contribution >= 4 is 0 Å². The van der Waals surface area contributed by atoms with Gasteiger partial charge in [-0.25, -0.2) is 0 Å². The van der Waals surface area contributed by atoms with Crippen molar-refractivity contribution in [2.45, 2.75) is 56.1 Å². The summed E-state index contributed by atoms with van der Waals surface area (Å²) in [7, 11) is 0. The first-order valence-corrected chi connectivity index (χ1v) is 9.54. The smallest absolute Gasteiger partial charge is 0.119 e. The van der Waals surface area contributed by atoms with E-state index < -0.39 is 0 Å². The molecule has 3 unspecified atom stereocenters. The van der Waals surface area contributed by atoms with Gasteiger partial charge in [-0.15, -0.1) is 0 Å². The van der Waals surface area contributed by atoms with Crippen LogP contribution in [0.2, 0.25) is 0 Å². The molecule has 0 aromatic heterocycles. The Morgan fingerprint density at radius 3 is 2.28 bits per heavy atom. The summed E-state index contributed by atoms with van der Waals surface area (Å²) in [5.74, 6) is 0.946. The molecule has 2 bridgehead atoms. The van der Waals surface area contributed by atoms with Crippen LogP contribution in [-0.4, -0.2) is 34.7 Å². The maximum atomic E-state index is 10.2. The van der Waals surface area contributed by atoms with Gasteiger partial charge in [0, 0.05) is 24.7 Å². The Balaban J connectivity index is 1.40. The molecule has 0 aliphatic carbocycles. The zero-order valence-electron chi connectivity index (χ0n) is 14.7. The first kappa shape index (κ1) is 16.6. The zero-order chi connectivity index (χ0) is 17.2. The van der Waals surface area contributed by atoms with E-state index >= 15 is 0 Å². The third kappa shape index (κ3) is 3.58. The van der Waals surface area contributed by atoms with Crippen molar-refractivity contribution in [1.82, 2.24) is 4.90 Å². The van der Waals surface area contributed by atoms with Gasteiger partial charge in [0.1, 0.15) is 5.75 Å². The van der Waals surface area contributed by atoms with E-state index in [2.05, 4.69) is 41.3 Å². The Morgan fingerprint density at radius 2 is 1.60 bits per heavy atom. The Kier molecular flexibility index (Phi) is 4.78. The van der Waals surface area contributed by atoms with Gasteiger partial charge in [-0.3, -0.25) is 4.90 Å². The lowest BCUT2D eigenvalue weighted by Gasteiger charge is -2.40. The summed E-state index contributed by atoms with van der Waals surface area (Å²) in [4.78, 5) is 2.66. The molecule has 25 heavy (non-hydrogen) atoms. The molecule has 0 saturated carbocycles. The lowest BCUT2D eigenvalue weighted by atomic mass is 9.84. The number of para-hydroxylation sites is 1. The Labute approximate surface area is 150 Å². The van der Waals surface area contributed by atoms with Gasteiger partial charge in [-0.1, -0.05) is 48.5 Å². The molecule has 2 aromatic carbocycles. The molecule has 132 valence electrons. The van der Waals surface area contributed by atoms with Crippen molar-refractivity contribution in [3.05, 3.63) is 65.7 Å². The van der Waals surface area contributed by atoms with E-state index in [1.807, 2.05) is 18.2 Å². The number of fused-ring (bicyclic) bond motifs is 2. The van der Waals surface area contributed by atoms with E-state index in [-0.39, 0.29) is 6.04 Å². The van der Waals surface area contributed by atoms with Crippen molar-refractivity contribution < 1.29 is 5.11 Å². The highest BCUT2D eigenvalue weighted by Gasteiger charge is 2.41. The maximum Gasteiger partial charge on any atom is 0.119 e. The molecule has 2 aliphatic rings. The second-order valence-electron chi connectivity index (χ2n) is 7.76. The molecule has 2 aromatic rings. The maximum absolute atomic E-state index is 10.2. The number of rotatable bonds is 5. The fraction of sp³-hybridized carbons (Fsp3) is 0.455. The molecular weight excluding hydrogens is 308 g/mol. The van der Waals surface area contributed by atoms with Gasteiger partial charge in [-0.05, 0) is 55.2 Å². The first-order valence-electron chi connectivity index (χ1n) is 9.54. The average molecular weight is 336 g/mol. The molecule has 3 atom stereocenters. The van der Waals surface area contributed by atoms with Crippen LogP contribution in [0.1, 0.15) is 42.7 Å². The summed E-state index contributed by atoms with van der Waals surface area (Å²) in [6.07, 6.45) is 5.78. The van der Waals surface area contributed by atoms with Gasteiger partial charge in [0.25, 0.3) is 0 Å². The molecule has 3 heteroatoms. The molecule has 2 fully saturated rings.